The van der Waals surface area contributed by atoms with Crippen LogP contribution in [0.1, 0.15) is 38.7 Å². The second-order valence-electron chi connectivity index (χ2n) is 6.63. The molecule has 0 aromatic heterocycles. The third-order valence-electron chi connectivity index (χ3n) is 3.45. The predicted molar refractivity (Wildman–Crippen MR) is 79.5 cm³/mol. The van der Waals surface area contributed by atoms with Gasteiger partial charge in [0, 0.05) is 25.0 Å². The second kappa shape index (κ2) is 6.02. The van der Waals surface area contributed by atoms with Gasteiger partial charge in [0.15, 0.2) is 0 Å². The third kappa shape index (κ3) is 4.43. The van der Waals surface area contributed by atoms with Crippen LogP contribution in [0.25, 0.3) is 0 Å². The van der Waals surface area contributed by atoms with E-state index < -0.39 is 5.60 Å². The number of nitrogens with zero attached hydrogens (tertiary/aromatic N) is 1. The summed E-state index contributed by atoms with van der Waals surface area (Å²) < 4.78 is 18.8. The van der Waals surface area contributed by atoms with Crippen LogP contribution in [-0.4, -0.2) is 35.7 Å². The van der Waals surface area contributed by atoms with E-state index in [2.05, 4.69) is 0 Å². The highest BCUT2D eigenvalue weighted by Crippen LogP contribution is 2.27. The molecular weight excluding hydrogens is 271 g/mol. The van der Waals surface area contributed by atoms with Gasteiger partial charge in [-0.15, -0.1) is 0 Å². The zero-order chi connectivity index (χ0) is 15.6. The maximum Gasteiger partial charge on any atom is 0.410 e. The Hall–Kier alpha value is -1.62. The molecular formula is C16H23FN2O2. The van der Waals surface area contributed by atoms with Crippen molar-refractivity contribution in [3.05, 3.63) is 35.6 Å². The monoisotopic (exact) mass is 294 g/mol. The molecule has 1 fully saturated rings. The molecule has 1 aliphatic heterocycles. The number of benzene rings is 1. The van der Waals surface area contributed by atoms with E-state index in [4.69, 9.17) is 10.5 Å². The first-order valence-corrected chi connectivity index (χ1v) is 7.23. The first-order chi connectivity index (χ1) is 9.74. The first kappa shape index (κ1) is 15.8. The van der Waals surface area contributed by atoms with Crippen LogP contribution in [0, 0.1) is 5.82 Å². The van der Waals surface area contributed by atoms with Crippen molar-refractivity contribution in [2.75, 3.05) is 13.1 Å². The normalized spacial score (nSPS) is 23.0. The van der Waals surface area contributed by atoms with Gasteiger partial charge in [-0.3, -0.25) is 0 Å². The Balaban J connectivity index is 2.10. The van der Waals surface area contributed by atoms with E-state index >= 15 is 0 Å². The lowest BCUT2D eigenvalue weighted by atomic mass is 9.88. The molecule has 2 N–H and O–H groups in total. The lowest BCUT2D eigenvalue weighted by Crippen LogP contribution is -2.50. The van der Waals surface area contributed by atoms with Gasteiger partial charge in [-0.2, -0.15) is 0 Å². The summed E-state index contributed by atoms with van der Waals surface area (Å²) in [6, 6.07) is 6.36. The van der Waals surface area contributed by atoms with Gasteiger partial charge < -0.3 is 15.4 Å². The molecule has 116 valence electrons. The van der Waals surface area contributed by atoms with Gasteiger partial charge in [-0.25, -0.2) is 9.18 Å². The number of hydrogen-bond donors (Lipinski definition) is 1. The molecule has 4 nitrogen and oxygen atoms in total. The molecule has 0 spiro atoms. The van der Waals surface area contributed by atoms with Crippen LogP contribution < -0.4 is 5.73 Å². The Morgan fingerprint density at radius 1 is 1.38 bits per heavy atom. The summed E-state index contributed by atoms with van der Waals surface area (Å²) in [5.41, 5.74) is 6.39. The topological polar surface area (TPSA) is 55.6 Å². The van der Waals surface area contributed by atoms with Crippen LogP contribution in [0.4, 0.5) is 9.18 Å². The van der Waals surface area contributed by atoms with Crippen molar-refractivity contribution in [3.63, 3.8) is 0 Å². The molecule has 2 rings (SSSR count). The molecule has 0 aliphatic carbocycles. The predicted octanol–water partition coefficient (Wildman–Crippen LogP) is 2.88. The van der Waals surface area contributed by atoms with E-state index in [-0.39, 0.29) is 23.9 Å². The fourth-order valence-corrected chi connectivity index (χ4v) is 2.62. The third-order valence-corrected chi connectivity index (χ3v) is 3.45. The summed E-state index contributed by atoms with van der Waals surface area (Å²) in [5.74, 6) is -0.229. The van der Waals surface area contributed by atoms with Crippen molar-refractivity contribution in [2.45, 2.75) is 44.8 Å². The zero-order valence-corrected chi connectivity index (χ0v) is 12.8. The average molecular weight is 294 g/mol. The van der Waals surface area contributed by atoms with Crippen LogP contribution in [0.5, 0.6) is 0 Å². The zero-order valence-electron chi connectivity index (χ0n) is 12.8. The van der Waals surface area contributed by atoms with Gasteiger partial charge in [0.05, 0.1) is 0 Å². The summed E-state index contributed by atoms with van der Waals surface area (Å²) in [6.45, 7) is 6.48. The number of likely N-dealkylation sites (tertiary alicyclic amines) is 1. The SMILES string of the molecule is CC(C)(C)OC(=O)N1C[C@H](N)C[C@@H](c2cccc(F)c2)C1. The maximum atomic E-state index is 13.4. The Kier molecular flexibility index (Phi) is 4.52. The molecule has 0 bridgehead atoms. The van der Waals surface area contributed by atoms with Crippen molar-refractivity contribution in [1.29, 1.82) is 0 Å². The largest absolute Gasteiger partial charge is 0.444 e. The second-order valence-corrected chi connectivity index (χ2v) is 6.63. The number of ether oxygens (including phenoxy) is 1. The van der Waals surface area contributed by atoms with Gasteiger partial charge in [0.2, 0.25) is 0 Å². The van der Waals surface area contributed by atoms with Crippen LogP contribution in [0.15, 0.2) is 24.3 Å². The molecule has 1 aromatic rings. The Bertz CT molecular complexity index is 513. The molecule has 0 radical (unpaired) electrons. The van der Waals surface area contributed by atoms with Crippen molar-refractivity contribution in [2.24, 2.45) is 5.73 Å². The van der Waals surface area contributed by atoms with E-state index in [9.17, 15) is 9.18 Å². The molecule has 0 saturated carbocycles. The number of halogens is 1. The van der Waals surface area contributed by atoms with Gasteiger partial charge in [0.25, 0.3) is 0 Å². The molecule has 1 saturated heterocycles. The molecule has 1 aromatic carbocycles. The fourth-order valence-electron chi connectivity index (χ4n) is 2.62. The molecule has 1 amide bonds. The Morgan fingerprint density at radius 3 is 2.71 bits per heavy atom. The van der Waals surface area contributed by atoms with E-state index in [0.717, 1.165) is 12.0 Å². The lowest BCUT2D eigenvalue weighted by molar-refractivity contribution is 0.0180. The highest BCUT2D eigenvalue weighted by atomic mass is 19.1. The molecule has 2 atom stereocenters. The highest BCUT2D eigenvalue weighted by molar-refractivity contribution is 5.68. The van der Waals surface area contributed by atoms with Crippen molar-refractivity contribution in [3.8, 4) is 0 Å². The quantitative estimate of drug-likeness (QED) is 0.866. The number of carbonyl (C=O) groups excluding carboxylic acids is 1. The van der Waals surface area contributed by atoms with E-state index in [1.54, 1.807) is 11.0 Å². The number of rotatable bonds is 1. The van der Waals surface area contributed by atoms with Gasteiger partial charge >= 0.3 is 6.09 Å². The summed E-state index contributed by atoms with van der Waals surface area (Å²) in [4.78, 5) is 13.8. The van der Waals surface area contributed by atoms with E-state index in [1.807, 2.05) is 26.8 Å². The van der Waals surface area contributed by atoms with Crippen LogP contribution in [0.3, 0.4) is 0 Å². The molecule has 21 heavy (non-hydrogen) atoms. The summed E-state index contributed by atoms with van der Waals surface area (Å²) in [6.07, 6.45) is 0.377. The van der Waals surface area contributed by atoms with Gasteiger partial charge in [0.1, 0.15) is 11.4 Å². The smallest absolute Gasteiger partial charge is 0.410 e. The van der Waals surface area contributed by atoms with Crippen molar-refractivity contribution in [1.82, 2.24) is 4.90 Å². The first-order valence-electron chi connectivity index (χ1n) is 7.23. The molecule has 5 heteroatoms. The molecule has 0 unspecified atom stereocenters. The minimum atomic E-state index is -0.535. The van der Waals surface area contributed by atoms with Crippen LogP contribution >= 0.6 is 0 Å². The summed E-state index contributed by atoms with van der Waals surface area (Å²) in [7, 11) is 0. The van der Waals surface area contributed by atoms with Gasteiger partial charge in [-0.1, -0.05) is 12.1 Å². The van der Waals surface area contributed by atoms with E-state index in [0.29, 0.717) is 13.1 Å². The standard InChI is InChI=1S/C16H23FN2O2/c1-16(2,3)21-15(20)19-9-12(8-14(18)10-19)11-5-4-6-13(17)7-11/h4-7,12,14H,8-10,18H2,1-3H3/t12-,14-/m1/s1. The minimum Gasteiger partial charge on any atom is -0.444 e. The lowest BCUT2D eigenvalue weighted by Gasteiger charge is -2.37. The number of piperidine rings is 1. The number of nitrogens with two attached hydrogens (primary N) is 1. The van der Waals surface area contributed by atoms with E-state index in [1.165, 1.54) is 12.1 Å². The average Bonchev–Trinajstić information content (AvgIpc) is 2.36. The highest BCUT2D eigenvalue weighted by Gasteiger charge is 2.31. The van der Waals surface area contributed by atoms with Crippen LogP contribution in [0.2, 0.25) is 0 Å². The van der Waals surface area contributed by atoms with Crippen LogP contribution in [-0.2, 0) is 4.74 Å². The van der Waals surface area contributed by atoms with Crippen molar-refractivity contribution >= 4 is 6.09 Å². The Morgan fingerprint density at radius 2 is 2.10 bits per heavy atom. The number of amides is 1. The summed E-state index contributed by atoms with van der Waals surface area (Å²) >= 11 is 0. The van der Waals surface area contributed by atoms with Crippen molar-refractivity contribution < 1.29 is 13.9 Å². The minimum absolute atomic E-state index is 0.0389. The Labute approximate surface area is 125 Å². The van der Waals surface area contributed by atoms with Gasteiger partial charge in [-0.05, 0) is 44.9 Å². The fraction of sp³-hybridized carbons (Fsp3) is 0.562. The number of hydrogen-bond acceptors (Lipinski definition) is 3. The number of carbonyl (C=O) groups is 1. The molecule has 1 aliphatic rings. The molecule has 1 heterocycles. The maximum absolute atomic E-state index is 13.4. The summed E-state index contributed by atoms with van der Waals surface area (Å²) in [5, 5.41) is 0.